The largest absolute Gasteiger partial charge is 0.388 e. The van der Waals surface area contributed by atoms with Gasteiger partial charge in [0.2, 0.25) is 0 Å². The van der Waals surface area contributed by atoms with Crippen molar-refractivity contribution < 1.29 is 5.11 Å². The molecule has 0 amide bonds. The van der Waals surface area contributed by atoms with Gasteiger partial charge in [-0.25, -0.2) is 0 Å². The molecule has 0 aliphatic heterocycles. The van der Waals surface area contributed by atoms with Crippen LogP contribution in [0.4, 0.5) is 0 Å². The van der Waals surface area contributed by atoms with E-state index in [1.807, 2.05) is 25.9 Å². The highest BCUT2D eigenvalue weighted by Gasteiger charge is 2.25. The van der Waals surface area contributed by atoms with Crippen molar-refractivity contribution in [1.82, 2.24) is 10.2 Å². The van der Waals surface area contributed by atoms with Crippen molar-refractivity contribution in [2.24, 2.45) is 0 Å². The Balaban J connectivity index is 1.98. The van der Waals surface area contributed by atoms with E-state index in [9.17, 15) is 5.11 Å². The van der Waals surface area contributed by atoms with E-state index >= 15 is 0 Å². The van der Waals surface area contributed by atoms with Crippen LogP contribution in [0.15, 0.2) is 24.3 Å². The minimum absolute atomic E-state index is 0.388. The summed E-state index contributed by atoms with van der Waals surface area (Å²) in [6.45, 7) is 3.20. The highest BCUT2D eigenvalue weighted by molar-refractivity contribution is 5.32. The lowest BCUT2D eigenvalue weighted by molar-refractivity contribution is 0.0307. The zero-order valence-corrected chi connectivity index (χ0v) is 12.3. The van der Waals surface area contributed by atoms with Gasteiger partial charge in [0.05, 0.1) is 5.60 Å². The molecule has 0 heterocycles. The van der Waals surface area contributed by atoms with E-state index in [-0.39, 0.29) is 0 Å². The number of rotatable bonds is 5. The van der Waals surface area contributed by atoms with E-state index in [1.54, 1.807) is 0 Å². The van der Waals surface area contributed by atoms with Crippen LogP contribution in [-0.2, 0) is 6.42 Å². The van der Waals surface area contributed by atoms with Gasteiger partial charge in [0.1, 0.15) is 0 Å². The van der Waals surface area contributed by atoms with Crippen molar-refractivity contribution in [3.63, 3.8) is 0 Å². The van der Waals surface area contributed by atoms with Gasteiger partial charge < -0.3 is 15.3 Å². The third kappa shape index (κ3) is 4.03. The second kappa shape index (κ2) is 6.04. The Kier molecular flexibility index (Phi) is 4.61. The minimum Gasteiger partial charge on any atom is -0.388 e. The first-order valence-corrected chi connectivity index (χ1v) is 7.16. The molecule has 2 atom stereocenters. The molecule has 0 saturated carbocycles. The molecule has 1 aliphatic rings. The van der Waals surface area contributed by atoms with Gasteiger partial charge in [0.25, 0.3) is 0 Å². The number of benzene rings is 1. The topological polar surface area (TPSA) is 35.5 Å². The molecule has 0 saturated heterocycles. The molecule has 2 N–H and O–H groups in total. The predicted molar refractivity (Wildman–Crippen MR) is 79.3 cm³/mol. The fourth-order valence-electron chi connectivity index (χ4n) is 3.05. The van der Waals surface area contributed by atoms with Crippen LogP contribution in [0.5, 0.6) is 0 Å². The maximum absolute atomic E-state index is 10.4. The Hall–Kier alpha value is -0.900. The summed E-state index contributed by atoms with van der Waals surface area (Å²) >= 11 is 0. The highest BCUT2D eigenvalue weighted by atomic mass is 16.3. The van der Waals surface area contributed by atoms with E-state index in [0.29, 0.717) is 19.1 Å². The van der Waals surface area contributed by atoms with Crippen molar-refractivity contribution in [3.05, 3.63) is 35.4 Å². The number of likely N-dealkylation sites (N-methyl/N-ethyl adjacent to an activating group) is 1. The van der Waals surface area contributed by atoms with Crippen molar-refractivity contribution in [2.45, 2.75) is 37.8 Å². The fourth-order valence-corrected chi connectivity index (χ4v) is 3.05. The van der Waals surface area contributed by atoms with Crippen molar-refractivity contribution in [3.8, 4) is 0 Å². The van der Waals surface area contributed by atoms with E-state index in [1.165, 1.54) is 24.0 Å². The standard InChI is InChI=1S/C16H26N2O/c1-16(19,12-18(2)3)11-17-15-10-6-8-13-7-4-5-9-14(13)15/h4-5,7,9,15,17,19H,6,8,10-12H2,1-3H3. The monoisotopic (exact) mass is 262 g/mol. The molecule has 3 heteroatoms. The minimum atomic E-state index is -0.685. The molecule has 1 aliphatic carbocycles. The Morgan fingerprint density at radius 3 is 2.84 bits per heavy atom. The number of hydrogen-bond acceptors (Lipinski definition) is 3. The molecular formula is C16H26N2O. The first-order chi connectivity index (χ1) is 8.98. The average molecular weight is 262 g/mol. The molecule has 0 spiro atoms. The molecule has 1 aromatic rings. The maximum atomic E-state index is 10.4. The third-order valence-corrected chi connectivity index (χ3v) is 3.76. The predicted octanol–water partition coefficient (Wildman–Crippen LogP) is 1.97. The van der Waals surface area contributed by atoms with Gasteiger partial charge in [0, 0.05) is 19.1 Å². The molecule has 19 heavy (non-hydrogen) atoms. The summed E-state index contributed by atoms with van der Waals surface area (Å²) in [5, 5.41) is 13.9. The Morgan fingerprint density at radius 2 is 2.11 bits per heavy atom. The number of aryl methyl sites for hydroxylation is 1. The second-order valence-corrected chi connectivity index (χ2v) is 6.26. The number of fused-ring (bicyclic) bond motifs is 1. The lowest BCUT2D eigenvalue weighted by Gasteiger charge is -2.32. The summed E-state index contributed by atoms with van der Waals surface area (Å²) < 4.78 is 0. The van der Waals surface area contributed by atoms with E-state index in [4.69, 9.17) is 0 Å². The van der Waals surface area contributed by atoms with Crippen LogP contribution in [0, 0.1) is 0 Å². The van der Waals surface area contributed by atoms with Crippen LogP contribution in [-0.4, -0.2) is 42.8 Å². The lowest BCUT2D eigenvalue weighted by Crippen LogP contribution is -2.46. The quantitative estimate of drug-likeness (QED) is 0.851. The number of nitrogens with one attached hydrogen (secondary N) is 1. The second-order valence-electron chi connectivity index (χ2n) is 6.26. The summed E-state index contributed by atoms with van der Waals surface area (Å²) in [5.41, 5.74) is 2.18. The molecule has 2 rings (SSSR count). The van der Waals surface area contributed by atoms with Gasteiger partial charge >= 0.3 is 0 Å². The smallest absolute Gasteiger partial charge is 0.0869 e. The van der Waals surface area contributed by atoms with Gasteiger partial charge in [-0.1, -0.05) is 24.3 Å². The lowest BCUT2D eigenvalue weighted by atomic mass is 9.87. The summed E-state index contributed by atoms with van der Waals surface area (Å²) in [5.74, 6) is 0. The fraction of sp³-hybridized carbons (Fsp3) is 0.625. The van der Waals surface area contributed by atoms with Gasteiger partial charge in [-0.05, 0) is 51.4 Å². The Labute approximate surface area is 116 Å². The molecule has 3 nitrogen and oxygen atoms in total. The Morgan fingerprint density at radius 1 is 1.37 bits per heavy atom. The number of aliphatic hydroxyl groups is 1. The summed E-state index contributed by atoms with van der Waals surface area (Å²) in [6.07, 6.45) is 3.57. The summed E-state index contributed by atoms with van der Waals surface area (Å²) in [4.78, 5) is 2.02. The van der Waals surface area contributed by atoms with Crippen LogP contribution < -0.4 is 5.32 Å². The number of hydrogen-bond donors (Lipinski definition) is 2. The van der Waals surface area contributed by atoms with E-state index in [2.05, 4.69) is 29.6 Å². The molecule has 106 valence electrons. The first kappa shape index (κ1) is 14.5. The van der Waals surface area contributed by atoms with Crippen molar-refractivity contribution in [1.29, 1.82) is 0 Å². The molecule has 0 fully saturated rings. The van der Waals surface area contributed by atoms with Gasteiger partial charge in [-0.15, -0.1) is 0 Å². The molecule has 0 radical (unpaired) electrons. The molecule has 2 unspecified atom stereocenters. The maximum Gasteiger partial charge on any atom is 0.0869 e. The van der Waals surface area contributed by atoms with Crippen LogP contribution >= 0.6 is 0 Å². The van der Waals surface area contributed by atoms with Gasteiger partial charge in [0.15, 0.2) is 0 Å². The zero-order chi connectivity index (χ0) is 13.9. The van der Waals surface area contributed by atoms with Crippen LogP contribution in [0.1, 0.15) is 36.9 Å². The first-order valence-electron chi connectivity index (χ1n) is 7.16. The average Bonchev–Trinajstić information content (AvgIpc) is 2.35. The normalized spacial score (nSPS) is 22.1. The molecule has 1 aromatic carbocycles. The zero-order valence-electron chi connectivity index (χ0n) is 12.3. The van der Waals surface area contributed by atoms with Gasteiger partial charge in [-0.3, -0.25) is 0 Å². The SMILES string of the molecule is CN(C)CC(C)(O)CNC1CCCc2ccccc21. The summed E-state index contributed by atoms with van der Waals surface area (Å²) in [6, 6.07) is 9.05. The molecule has 0 bridgehead atoms. The molecule has 0 aromatic heterocycles. The Bertz CT molecular complexity index is 415. The number of nitrogens with zero attached hydrogens (tertiary/aromatic N) is 1. The van der Waals surface area contributed by atoms with Crippen molar-refractivity contribution in [2.75, 3.05) is 27.2 Å². The van der Waals surface area contributed by atoms with Crippen LogP contribution in [0.25, 0.3) is 0 Å². The third-order valence-electron chi connectivity index (χ3n) is 3.76. The van der Waals surface area contributed by atoms with E-state index < -0.39 is 5.60 Å². The highest BCUT2D eigenvalue weighted by Crippen LogP contribution is 2.29. The summed E-state index contributed by atoms with van der Waals surface area (Å²) in [7, 11) is 3.98. The van der Waals surface area contributed by atoms with Crippen molar-refractivity contribution >= 4 is 0 Å². The van der Waals surface area contributed by atoms with Crippen LogP contribution in [0.3, 0.4) is 0 Å². The molecular weight excluding hydrogens is 236 g/mol. The van der Waals surface area contributed by atoms with Gasteiger partial charge in [-0.2, -0.15) is 0 Å². The van der Waals surface area contributed by atoms with E-state index in [0.717, 1.165) is 6.42 Å². The van der Waals surface area contributed by atoms with Crippen LogP contribution in [0.2, 0.25) is 0 Å².